The van der Waals surface area contributed by atoms with Gasteiger partial charge in [0.1, 0.15) is 13.2 Å². The van der Waals surface area contributed by atoms with E-state index in [0.717, 1.165) is 77.0 Å². The molecule has 0 rings (SSSR count). The second-order valence-electron chi connectivity index (χ2n) is 17.4. The highest BCUT2D eigenvalue weighted by molar-refractivity contribution is 7.45. The minimum absolute atomic E-state index is 0.0113. The van der Waals surface area contributed by atoms with E-state index < -0.39 is 26.6 Å². The molecule has 3 atom stereocenters. The summed E-state index contributed by atoms with van der Waals surface area (Å²) in [6, 6.07) is -0.907. The van der Waals surface area contributed by atoms with Gasteiger partial charge in [0, 0.05) is 6.42 Å². The number of nitrogens with zero attached hydrogens (tertiary/aromatic N) is 1. The molecular weight excluding hydrogens is 792 g/mol. The van der Waals surface area contributed by atoms with Crippen molar-refractivity contribution in [3.63, 3.8) is 0 Å². The van der Waals surface area contributed by atoms with Crippen LogP contribution in [-0.4, -0.2) is 68.5 Å². The Morgan fingerprint density at radius 3 is 1.50 bits per heavy atom. The lowest BCUT2D eigenvalue weighted by molar-refractivity contribution is -0.870. The maximum Gasteiger partial charge on any atom is 0.268 e. The Balaban J connectivity index is 4.11. The van der Waals surface area contributed by atoms with Crippen molar-refractivity contribution in [3.8, 4) is 0 Å². The van der Waals surface area contributed by atoms with Crippen LogP contribution >= 0.6 is 7.82 Å². The largest absolute Gasteiger partial charge is 0.756 e. The number of allylic oxidation sites excluding steroid dienone is 15. The van der Waals surface area contributed by atoms with Crippen LogP contribution in [0.4, 0.5) is 0 Å². The van der Waals surface area contributed by atoms with Crippen LogP contribution in [0.2, 0.25) is 0 Å². The van der Waals surface area contributed by atoms with Gasteiger partial charge in [-0.15, -0.1) is 0 Å². The Labute approximate surface area is 381 Å². The average molecular weight is 885 g/mol. The number of carbonyl (C=O) groups excluding carboxylic acids is 1. The van der Waals surface area contributed by atoms with Gasteiger partial charge in [-0.2, -0.15) is 0 Å². The molecule has 0 bridgehead atoms. The van der Waals surface area contributed by atoms with Gasteiger partial charge in [0.05, 0.1) is 39.9 Å². The molecule has 356 valence electrons. The predicted molar refractivity (Wildman–Crippen MR) is 265 cm³/mol. The fraction of sp³-hybridized carbons (Fsp3) is 0.679. The maximum absolute atomic E-state index is 12.8. The van der Waals surface area contributed by atoms with Gasteiger partial charge in [-0.1, -0.05) is 188 Å². The van der Waals surface area contributed by atoms with E-state index in [9.17, 15) is 19.4 Å². The molecule has 0 aliphatic heterocycles. The number of hydrogen-bond donors (Lipinski definition) is 2. The van der Waals surface area contributed by atoms with Crippen LogP contribution in [0.25, 0.3) is 0 Å². The van der Waals surface area contributed by atoms with Gasteiger partial charge < -0.3 is 28.8 Å². The zero-order valence-corrected chi connectivity index (χ0v) is 41.2. The summed E-state index contributed by atoms with van der Waals surface area (Å²) >= 11 is 0. The number of likely N-dealkylation sites (N-methyl/N-ethyl adjacent to an activating group) is 1. The second kappa shape index (κ2) is 43.7. The second-order valence-corrected chi connectivity index (χ2v) is 18.8. The average Bonchev–Trinajstić information content (AvgIpc) is 3.23. The Morgan fingerprint density at radius 2 is 1.00 bits per heavy atom. The number of aliphatic hydroxyl groups is 1. The van der Waals surface area contributed by atoms with Crippen LogP contribution < -0.4 is 10.2 Å². The minimum atomic E-state index is -4.60. The normalized spacial score (nSPS) is 15.0. The fourth-order valence-electron chi connectivity index (χ4n) is 6.41. The van der Waals surface area contributed by atoms with Gasteiger partial charge >= 0.3 is 0 Å². The summed E-state index contributed by atoms with van der Waals surface area (Å²) in [5, 5.41) is 13.7. The van der Waals surface area contributed by atoms with E-state index in [-0.39, 0.29) is 12.5 Å². The third-order valence-corrected chi connectivity index (χ3v) is 11.2. The molecule has 0 fully saturated rings. The smallest absolute Gasteiger partial charge is 0.268 e. The van der Waals surface area contributed by atoms with Crippen molar-refractivity contribution < 1.29 is 32.9 Å². The highest BCUT2D eigenvalue weighted by Gasteiger charge is 2.23. The molecule has 2 N–H and O–H groups in total. The Morgan fingerprint density at radius 1 is 0.581 bits per heavy atom. The number of unbranched alkanes of at least 4 members (excludes halogenated alkanes) is 16. The molecule has 0 aromatic carbocycles. The van der Waals surface area contributed by atoms with Crippen molar-refractivity contribution in [1.29, 1.82) is 0 Å². The molecule has 8 nitrogen and oxygen atoms in total. The summed E-state index contributed by atoms with van der Waals surface area (Å²) < 4.78 is 23.1. The SMILES string of the molecule is CC/C=C\C/C=C\C/C=C\C/C=C\C/C=C\C/C=C\CCCCCCCCCCCCCCC(=O)NC(COP(=O)([O-])OCC[N+](C)(C)C)C(O)/C=C/CC/C=C/CCCCC. The van der Waals surface area contributed by atoms with Gasteiger partial charge in [-0.3, -0.25) is 9.36 Å². The van der Waals surface area contributed by atoms with E-state index in [4.69, 9.17) is 9.05 Å². The van der Waals surface area contributed by atoms with Crippen LogP contribution in [-0.2, 0) is 18.4 Å². The summed E-state index contributed by atoms with van der Waals surface area (Å²) in [7, 11) is 1.23. The van der Waals surface area contributed by atoms with E-state index in [1.807, 2.05) is 27.2 Å². The number of nitrogens with one attached hydrogen (secondary N) is 1. The summed E-state index contributed by atoms with van der Waals surface area (Å²) in [5.74, 6) is -0.217. The van der Waals surface area contributed by atoms with Crippen molar-refractivity contribution in [2.45, 2.75) is 193 Å². The van der Waals surface area contributed by atoms with Crippen LogP contribution in [0, 0.1) is 0 Å². The van der Waals surface area contributed by atoms with Gasteiger partial charge in [-0.25, -0.2) is 0 Å². The van der Waals surface area contributed by atoms with Crippen molar-refractivity contribution in [2.24, 2.45) is 0 Å². The van der Waals surface area contributed by atoms with Crippen LogP contribution in [0.3, 0.4) is 0 Å². The monoisotopic (exact) mass is 885 g/mol. The molecule has 9 heteroatoms. The van der Waals surface area contributed by atoms with E-state index >= 15 is 0 Å². The number of quaternary nitrogens is 1. The summed E-state index contributed by atoms with van der Waals surface area (Å²) in [6.07, 6.45) is 62.0. The lowest BCUT2D eigenvalue weighted by Crippen LogP contribution is -2.45. The van der Waals surface area contributed by atoms with E-state index in [0.29, 0.717) is 17.4 Å². The first-order chi connectivity index (χ1) is 30.0. The van der Waals surface area contributed by atoms with E-state index in [1.165, 1.54) is 83.5 Å². The van der Waals surface area contributed by atoms with E-state index in [2.05, 4.69) is 104 Å². The molecule has 1 amide bonds. The van der Waals surface area contributed by atoms with Gasteiger partial charge in [0.25, 0.3) is 7.82 Å². The number of rotatable bonds is 43. The zero-order chi connectivity index (χ0) is 45.7. The van der Waals surface area contributed by atoms with Crippen molar-refractivity contribution in [1.82, 2.24) is 5.32 Å². The van der Waals surface area contributed by atoms with Crippen molar-refractivity contribution >= 4 is 13.7 Å². The fourth-order valence-corrected chi connectivity index (χ4v) is 7.13. The Hall–Kier alpha value is -2.58. The lowest BCUT2D eigenvalue weighted by atomic mass is 10.0. The number of amides is 1. The quantitative estimate of drug-likeness (QED) is 0.0273. The molecule has 3 unspecified atom stereocenters. The molecule has 0 saturated heterocycles. The first-order valence-electron chi connectivity index (χ1n) is 24.6. The highest BCUT2D eigenvalue weighted by Crippen LogP contribution is 2.38. The Kier molecular flexibility index (Phi) is 41.8. The van der Waals surface area contributed by atoms with Crippen molar-refractivity contribution in [3.05, 3.63) is 97.2 Å². The topological polar surface area (TPSA) is 108 Å². The van der Waals surface area contributed by atoms with Crippen LogP contribution in [0.15, 0.2) is 97.2 Å². The molecule has 0 saturated carbocycles. The molecule has 0 radical (unpaired) electrons. The Bertz CT molecular complexity index is 1330. The molecule has 62 heavy (non-hydrogen) atoms. The number of aliphatic hydroxyl groups excluding tert-OH is 1. The predicted octanol–water partition coefficient (Wildman–Crippen LogP) is 13.7. The molecule has 0 aliphatic rings. The summed E-state index contributed by atoms with van der Waals surface area (Å²) in [4.78, 5) is 25.3. The molecule has 0 aliphatic carbocycles. The third kappa shape index (κ3) is 45.4. The first kappa shape index (κ1) is 59.4. The lowest BCUT2D eigenvalue weighted by Gasteiger charge is -2.29. The molecule has 0 aromatic rings. The molecular formula is C53H93N2O6P. The standard InChI is InChI=1S/C53H93N2O6P/c1-6-8-10-12-14-16-17-18-19-20-21-22-23-24-25-26-27-28-29-30-31-32-33-34-35-36-37-39-41-43-45-47-53(57)54-51(50-61-62(58,59)60-49-48-55(3,4)5)52(56)46-44-42-40-38-15-13-11-9-7-2/h8,10,14-16,18-19,21-22,24-25,27-28,38,44,46,51-52,56H,6-7,9,11-13,17,20,23,26,29-37,39-43,45,47-50H2,1-5H3,(H-,54,57,58,59)/b10-8-,16-14-,19-18-,22-21-,25-24-,28-27-,38-15+,46-44+. The van der Waals surface area contributed by atoms with Crippen LogP contribution in [0.5, 0.6) is 0 Å². The first-order valence-corrected chi connectivity index (χ1v) is 26.1. The van der Waals surface area contributed by atoms with Crippen molar-refractivity contribution in [2.75, 3.05) is 40.9 Å². The maximum atomic E-state index is 12.8. The van der Waals surface area contributed by atoms with E-state index in [1.54, 1.807) is 6.08 Å². The minimum Gasteiger partial charge on any atom is -0.756 e. The zero-order valence-electron chi connectivity index (χ0n) is 40.3. The number of phosphoric acid groups is 1. The number of phosphoric ester groups is 1. The van der Waals surface area contributed by atoms with Gasteiger partial charge in [0.2, 0.25) is 5.91 Å². The summed E-state index contributed by atoms with van der Waals surface area (Å²) in [5.41, 5.74) is 0. The molecule has 0 spiro atoms. The van der Waals surface area contributed by atoms with Gasteiger partial charge in [0.15, 0.2) is 0 Å². The highest BCUT2D eigenvalue weighted by atomic mass is 31.2. The summed E-state index contributed by atoms with van der Waals surface area (Å²) in [6.45, 7) is 4.43. The van der Waals surface area contributed by atoms with Gasteiger partial charge in [-0.05, 0) is 83.5 Å². The number of carbonyl (C=O) groups is 1. The van der Waals surface area contributed by atoms with Crippen LogP contribution in [0.1, 0.15) is 181 Å². The molecule has 0 heterocycles. The molecule has 0 aromatic heterocycles. The number of hydrogen-bond acceptors (Lipinski definition) is 6. The third-order valence-electron chi connectivity index (χ3n) is 10.3.